The van der Waals surface area contributed by atoms with E-state index >= 15 is 0 Å². The molecule has 1 aromatic carbocycles. The summed E-state index contributed by atoms with van der Waals surface area (Å²) in [7, 11) is -11.6. The summed E-state index contributed by atoms with van der Waals surface area (Å²) in [6.07, 6.45) is -25.2. The van der Waals surface area contributed by atoms with Gasteiger partial charge in [-0.15, -0.1) is 0 Å². The summed E-state index contributed by atoms with van der Waals surface area (Å²) in [6, 6.07) is 3.78. The van der Waals surface area contributed by atoms with E-state index in [4.69, 9.17) is 28.2 Å². The SMILES string of the molecule is CO[C@H]1C(COS(=O)(=O)O)O[C@@H](O[C@H]2C(C(=O)O)O[C@@H](OCC(O)[C@@H](O)[C@@H](O)C(O)CNc3cccc(NC(=O)CCCNC(=O)CNC(=O)CCCCC4CCSS4)c3)C(OS(=O)(=O)O)[C@@H]2O)C(NS(=O)(=O)O)[C@@H]1O. The molecular weight excluding hydrogens is 1130 g/mol. The number of methoxy groups -OCH3 is 1. The van der Waals surface area contributed by atoms with Crippen LogP contribution in [0.1, 0.15) is 44.9 Å². The van der Waals surface area contributed by atoms with Gasteiger partial charge in [-0.25, -0.2) is 13.2 Å². The molecule has 1 aromatic rings. The average Bonchev–Trinajstić information content (AvgIpc) is 3.86. The smallest absolute Gasteiger partial charge is 0.397 e. The second kappa shape index (κ2) is 30.4. The van der Waals surface area contributed by atoms with Crippen molar-refractivity contribution in [3.63, 3.8) is 0 Å². The highest BCUT2D eigenvalue weighted by Crippen LogP contribution is 2.40. The number of amides is 3. The van der Waals surface area contributed by atoms with E-state index in [-0.39, 0.29) is 31.8 Å². The van der Waals surface area contributed by atoms with Crippen molar-refractivity contribution in [3.05, 3.63) is 24.3 Å². The van der Waals surface area contributed by atoms with Crippen molar-refractivity contribution in [1.29, 1.82) is 0 Å². The second-order valence-corrected chi connectivity index (χ2v) is 23.3. The van der Waals surface area contributed by atoms with Gasteiger partial charge in [0.05, 0.1) is 25.9 Å². The highest BCUT2D eigenvalue weighted by molar-refractivity contribution is 8.77. The quantitative estimate of drug-likeness (QED) is 0.0184. The van der Waals surface area contributed by atoms with Crippen LogP contribution in [-0.4, -0.2) is 235 Å². The van der Waals surface area contributed by atoms with Crippen LogP contribution in [0, 0.1) is 0 Å². The fourth-order valence-electron chi connectivity index (χ4n) is 7.67. The minimum Gasteiger partial charge on any atom is -0.479 e. The summed E-state index contributed by atoms with van der Waals surface area (Å²) in [4.78, 5) is 49.3. The van der Waals surface area contributed by atoms with Crippen molar-refractivity contribution in [2.24, 2.45) is 0 Å². The molecule has 0 spiro atoms. The van der Waals surface area contributed by atoms with Crippen LogP contribution in [-0.2, 0) is 82.3 Å². The van der Waals surface area contributed by atoms with Crippen molar-refractivity contribution in [3.8, 4) is 0 Å². The summed E-state index contributed by atoms with van der Waals surface area (Å²) in [6.45, 7) is -2.98. The molecule has 3 amide bonds. The lowest BCUT2D eigenvalue weighted by molar-refractivity contribution is -0.340. The molecule has 7 unspecified atom stereocenters. The highest BCUT2D eigenvalue weighted by atomic mass is 33.1. The number of rotatable bonds is 32. The molecule has 3 saturated heterocycles. The first kappa shape index (κ1) is 65.3. The van der Waals surface area contributed by atoms with Crippen LogP contribution in [0.15, 0.2) is 24.3 Å². The molecule has 3 aliphatic rings. The van der Waals surface area contributed by atoms with Crippen molar-refractivity contribution in [1.82, 2.24) is 15.4 Å². The third kappa shape index (κ3) is 22.1. The van der Waals surface area contributed by atoms with E-state index in [1.54, 1.807) is 0 Å². The summed E-state index contributed by atoms with van der Waals surface area (Å²) in [5.41, 5.74) is 0.593. The molecule has 3 aliphatic heterocycles. The lowest BCUT2D eigenvalue weighted by Gasteiger charge is -2.47. The molecule has 0 aliphatic carbocycles. The number of carbonyl (C=O) groups is 4. The van der Waals surface area contributed by atoms with Crippen LogP contribution in [0.25, 0.3) is 0 Å². The number of nitrogens with one attached hydrogen (secondary N) is 5. The van der Waals surface area contributed by atoms with E-state index in [1.807, 2.05) is 21.6 Å². The molecule has 0 radical (unpaired) electrons. The van der Waals surface area contributed by atoms with Crippen LogP contribution in [0.5, 0.6) is 0 Å². The Balaban J connectivity index is 1.28. The maximum atomic E-state index is 12.6. The Hall–Kier alpha value is -3.23. The zero-order valence-corrected chi connectivity index (χ0v) is 44.2. The van der Waals surface area contributed by atoms with Crippen LogP contribution in [0.3, 0.4) is 0 Å². The fourth-order valence-corrected chi connectivity index (χ4v) is 12.1. The fraction of sp³-hybridized carbons (Fsp3) is 0.744. The molecule has 3 heterocycles. The van der Waals surface area contributed by atoms with Crippen molar-refractivity contribution in [2.45, 2.75) is 136 Å². The van der Waals surface area contributed by atoms with Gasteiger partial charge >= 0.3 is 37.1 Å². The molecule has 76 heavy (non-hydrogen) atoms. The van der Waals surface area contributed by atoms with E-state index in [1.165, 1.54) is 35.4 Å². The lowest BCUT2D eigenvalue weighted by atomic mass is 9.95. The third-order valence-electron chi connectivity index (χ3n) is 11.4. The molecule has 0 bridgehead atoms. The van der Waals surface area contributed by atoms with E-state index in [0.29, 0.717) is 23.0 Å². The Kier molecular flexibility index (Phi) is 26.1. The summed E-state index contributed by atoms with van der Waals surface area (Å²) in [5, 5.41) is 86.3. The Bertz CT molecular complexity index is 2390. The molecule has 4 rings (SSSR count). The molecule has 3 fully saturated rings. The van der Waals surface area contributed by atoms with Crippen molar-refractivity contribution < 1.29 is 126 Å². The number of unbranched alkanes of at least 4 members (excludes halogenated alkanes) is 1. The number of hydrogen-bond acceptors (Lipinski definition) is 26. The number of aliphatic hydroxyl groups is 6. The molecule has 15 N–H and O–H groups in total. The first-order chi connectivity index (χ1) is 35.5. The van der Waals surface area contributed by atoms with Gasteiger partial charge in [-0.2, -0.15) is 30.0 Å². The molecular formula is C39H63N5O27S5. The minimum absolute atomic E-state index is 0.00819. The summed E-state index contributed by atoms with van der Waals surface area (Å²) < 4.78 is 135. The minimum atomic E-state index is -5.67. The monoisotopic (exact) mass is 1190 g/mol. The predicted molar refractivity (Wildman–Crippen MR) is 261 cm³/mol. The predicted octanol–water partition coefficient (Wildman–Crippen LogP) is -4.35. The van der Waals surface area contributed by atoms with Gasteiger partial charge in [-0.3, -0.25) is 28.0 Å². The van der Waals surface area contributed by atoms with E-state index in [2.05, 4.69) is 29.6 Å². The average molecular weight is 1190 g/mol. The molecule has 436 valence electrons. The number of anilines is 2. The lowest BCUT2D eigenvalue weighted by Crippen LogP contribution is -2.68. The van der Waals surface area contributed by atoms with Gasteiger partial charge in [0.1, 0.15) is 54.9 Å². The van der Waals surface area contributed by atoms with E-state index in [0.717, 1.165) is 32.1 Å². The van der Waals surface area contributed by atoms with Crippen molar-refractivity contribution >= 4 is 87.8 Å². The van der Waals surface area contributed by atoms with Crippen LogP contribution < -0.4 is 26.0 Å². The number of benzene rings is 1. The Morgan fingerprint density at radius 1 is 0.803 bits per heavy atom. The first-order valence-electron chi connectivity index (χ1n) is 23.0. The van der Waals surface area contributed by atoms with E-state index in [9.17, 15) is 89.3 Å². The van der Waals surface area contributed by atoms with E-state index < -0.39 is 154 Å². The number of carboxylic acid groups (broad SMARTS) is 1. The molecule has 0 saturated carbocycles. The third-order valence-corrected chi connectivity index (χ3v) is 15.9. The topological polar surface area (TPSA) is 498 Å². The number of carboxylic acids is 1. The standard InChI is InChI=1S/C39H63N5O27S5/c1-65-33-24(18-67-75(59,60)61)68-38(28(31(33)52)44-74(56,57)58)69-34-32(53)35(71-76(62,63)64)39(70-36(34)37(54)55)66-17-23(46)30(51)29(50)22(45)15-41-19-6-4-7-20(14-19)43-26(48)10-5-12-40-27(49)16-42-25(47)9-3-2-8-21-11-13-72-73-21/h4,6-7,14,21-24,28-36,38-39,41,44-46,50-53H,2-3,5,8-13,15-18H2,1H3,(H,40,49)(H,42,47)(H,43,48)(H,54,55)(H,56,57,58)(H,59,60,61)(H,62,63,64)/t21?,22?,23?,24?,28?,29-,30+,31-,32+,33-,34+,35?,36?,38-,39+/m0/s1. The van der Waals surface area contributed by atoms with Gasteiger partial charge in [-0.1, -0.05) is 34.1 Å². The van der Waals surface area contributed by atoms with Gasteiger partial charge in [0, 0.05) is 55.4 Å². The first-order valence-corrected chi connectivity index (χ1v) is 29.5. The highest BCUT2D eigenvalue weighted by Gasteiger charge is 2.56. The number of aliphatic hydroxyl groups excluding tert-OH is 6. The van der Waals surface area contributed by atoms with Gasteiger partial charge in [0.25, 0.3) is 0 Å². The molecule has 37 heteroatoms. The maximum absolute atomic E-state index is 12.6. The van der Waals surface area contributed by atoms with Crippen LogP contribution in [0.2, 0.25) is 0 Å². The largest absolute Gasteiger partial charge is 0.479 e. The number of aliphatic carboxylic acids is 1. The second-order valence-electron chi connectivity index (χ2n) is 17.2. The zero-order chi connectivity index (χ0) is 56.5. The molecule has 15 atom stereocenters. The summed E-state index contributed by atoms with van der Waals surface area (Å²) in [5.74, 6) is -1.96. The number of carbonyl (C=O) groups excluding carboxylic acids is 3. The van der Waals surface area contributed by atoms with Crippen LogP contribution >= 0.6 is 21.6 Å². The summed E-state index contributed by atoms with van der Waals surface area (Å²) >= 11 is 0. The van der Waals surface area contributed by atoms with Crippen LogP contribution in [0.4, 0.5) is 11.4 Å². The molecule has 0 aromatic heterocycles. The number of hydrogen-bond donors (Lipinski definition) is 15. The van der Waals surface area contributed by atoms with Gasteiger partial charge in [0.2, 0.25) is 17.7 Å². The normalized spacial score (nSPS) is 27.9. The Labute approximate surface area is 443 Å². The van der Waals surface area contributed by atoms with Gasteiger partial charge in [-0.05, 0) is 43.9 Å². The number of ether oxygens (including phenoxy) is 5. The Morgan fingerprint density at radius 3 is 2.12 bits per heavy atom. The van der Waals surface area contributed by atoms with Gasteiger partial charge in [0.15, 0.2) is 24.8 Å². The van der Waals surface area contributed by atoms with Crippen molar-refractivity contribution in [2.75, 3.05) is 56.3 Å². The maximum Gasteiger partial charge on any atom is 0.397 e. The Morgan fingerprint density at radius 2 is 1.49 bits per heavy atom. The van der Waals surface area contributed by atoms with Gasteiger partial charge < -0.3 is 80.7 Å². The molecule has 32 nitrogen and oxygen atoms in total. The zero-order valence-electron chi connectivity index (χ0n) is 40.1.